The maximum absolute atomic E-state index is 4.54. The second-order valence-corrected chi connectivity index (χ2v) is 5.65. The molecule has 3 rings (SSSR count). The lowest BCUT2D eigenvalue weighted by atomic mass is 9.96. The minimum Gasteiger partial charge on any atom is -0.316 e. The van der Waals surface area contributed by atoms with E-state index in [0.29, 0.717) is 0 Å². The van der Waals surface area contributed by atoms with Crippen LogP contribution in [0.4, 0.5) is 0 Å². The Balaban J connectivity index is 1.84. The predicted molar refractivity (Wildman–Crippen MR) is 72.2 cm³/mol. The SMILES string of the molecule is Brc1ccn2c(CC3CCCNC3)ncc2c1. The number of halogens is 1. The van der Waals surface area contributed by atoms with Gasteiger partial charge in [0.25, 0.3) is 0 Å². The fourth-order valence-electron chi connectivity index (χ4n) is 2.54. The van der Waals surface area contributed by atoms with Gasteiger partial charge in [-0.2, -0.15) is 0 Å². The third-order valence-corrected chi connectivity index (χ3v) is 3.93. The summed E-state index contributed by atoms with van der Waals surface area (Å²) in [6, 6.07) is 4.17. The first-order valence-electron chi connectivity index (χ1n) is 6.15. The Morgan fingerprint density at radius 1 is 1.53 bits per heavy atom. The Morgan fingerprint density at radius 3 is 3.29 bits per heavy atom. The summed E-state index contributed by atoms with van der Waals surface area (Å²) in [6.45, 7) is 2.30. The molecular formula is C13H16BrN3. The molecule has 2 aromatic heterocycles. The van der Waals surface area contributed by atoms with Gasteiger partial charge in [-0.15, -0.1) is 0 Å². The van der Waals surface area contributed by atoms with Crippen molar-refractivity contribution in [2.24, 2.45) is 5.92 Å². The van der Waals surface area contributed by atoms with Crippen LogP contribution >= 0.6 is 15.9 Å². The Bertz CT molecular complexity index is 514. The highest BCUT2D eigenvalue weighted by Gasteiger charge is 2.15. The van der Waals surface area contributed by atoms with Crippen LogP contribution in [0.1, 0.15) is 18.7 Å². The van der Waals surface area contributed by atoms with Gasteiger partial charge in [-0.05, 0) is 44.0 Å². The normalized spacial score (nSPS) is 20.9. The molecule has 1 aliphatic rings. The molecule has 0 amide bonds. The van der Waals surface area contributed by atoms with E-state index in [1.54, 1.807) is 0 Å². The largest absolute Gasteiger partial charge is 0.316 e. The molecular weight excluding hydrogens is 278 g/mol. The molecule has 0 bridgehead atoms. The van der Waals surface area contributed by atoms with Crippen molar-refractivity contribution in [3.05, 3.63) is 34.8 Å². The Hall–Kier alpha value is -0.870. The summed E-state index contributed by atoms with van der Waals surface area (Å²) >= 11 is 3.49. The van der Waals surface area contributed by atoms with Crippen LogP contribution in [0.5, 0.6) is 0 Å². The first-order valence-corrected chi connectivity index (χ1v) is 6.94. The van der Waals surface area contributed by atoms with Gasteiger partial charge in [0, 0.05) is 17.1 Å². The number of aromatic nitrogens is 2. The Kier molecular flexibility index (Phi) is 3.16. The zero-order valence-electron chi connectivity index (χ0n) is 9.69. The van der Waals surface area contributed by atoms with Crippen molar-refractivity contribution in [3.8, 4) is 0 Å². The van der Waals surface area contributed by atoms with E-state index in [4.69, 9.17) is 0 Å². The summed E-state index contributed by atoms with van der Waals surface area (Å²) < 4.78 is 3.30. The predicted octanol–water partition coefficient (Wildman–Crippen LogP) is 2.64. The fraction of sp³-hybridized carbons (Fsp3) is 0.462. The molecule has 1 N–H and O–H groups in total. The van der Waals surface area contributed by atoms with Gasteiger partial charge in [0.1, 0.15) is 5.82 Å². The van der Waals surface area contributed by atoms with Gasteiger partial charge < -0.3 is 9.72 Å². The minimum atomic E-state index is 0.734. The molecule has 0 aromatic carbocycles. The highest BCUT2D eigenvalue weighted by atomic mass is 79.9. The van der Waals surface area contributed by atoms with E-state index in [2.05, 4.69) is 49.0 Å². The van der Waals surface area contributed by atoms with Crippen LogP contribution < -0.4 is 5.32 Å². The third kappa shape index (κ3) is 2.38. The molecule has 3 nitrogen and oxygen atoms in total. The average molecular weight is 294 g/mol. The van der Waals surface area contributed by atoms with Gasteiger partial charge in [0.2, 0.25) is 0 Å². The summed E-state index contributed by atoms with van der Waals surface area (Å²) in [6.07, 6.45) is 7.73. The number of rotatable bonds is 2. The van der Waals surface area contributed by atoms with Crippen LogP contribution in [0.2, 0.25) is 0 Å². The van der Waals surface area contributed by atoms with Gasteiger partial charge in [0.05, 0.1) is 11.7 Å². The molecule has 1 saturated heterocycles. The van der Waals surface area contributed by atoms with E-state index < -0.39 is 0 Å². The number of piperidine rings is 1. The fourth-order valence-corrected chi connectivity index (χ4v) is 2.89. The van der Waals surface area contributed by atoms with Gasteiger partial charge in [-0.1, -0.05) is 15.9 Å². The minimum absolute atomic E-state index is 0.734. The van der Waals surface area contributed by atoms with Gasteiger partial charge >= 0.3 is 0 Å². The van der Waals surface area contributed by atoms with E-state index in [9.17, 15) is 0 Å². The number of fused-ring (bicyclic) bond motifs is 1. The monoisotopic (exact) mass is 293 g/mol. The van der Waals surface area contributed by atoms with E-state index in [0.717, 1.165) is 28.9 Å². The first kappa shape index (κ1) is 11.2. The molecule has 90 valence electrons. The lowest BCUT2D eigenvalue weighted by Gasteiger charge is -2.22. The van der Waals surface area contributed by atoms with Crippen molar-refractivity contribution in [2.45, 2.75) is 19.3 Å². The molecule has 1 unspecified atom stereocenters. The lowest BCUT2D eigenvalue weighted by Crippen LogP contribution is -2.31. The molecule has 0 aliphatic carbocycles. The summed E-state index contributed by atoms with van der Waals surface area (Å²) in [5, 5.41) is 3.46. The van der Waals surface area contributed by atoms with Crippen LogP contribution in [0.25, 0.3) is 5.52 Å². The quantitative estimate of drug-likeness (QED) is 0.922. The number of hydrogen-bond donors (Lipinski definition) is 1. The molecule has 2 aromatic rings. The number of nitrogens with one attached hydrogen (secondary N) is 1. The Morgan fingerprint density at radius 2 is 2.47 bits per heavy atom. The van der Waals surface area contributed by atoms with E-state index in [1.807, 2.05) is 6.20 Å². The van der Waals surface area contributed by atoms with Crippen LogP contribution in [-0.2, 0) is 6.42 Å². The smallest absolute Gasteiger partial charge is 0.113 e. The zero-order chi connectivity index (χ0) is 11.7. The maximum atomic E-state index is 4.54. The number of pyridine rings is 1. The third-order valence-electron chi connectivity index (χ3n) is 3.44. The molecule has 4 heteroatoms. The van der Waals surface area contributed by atoms with Crippen molar-refractivity contribution >= 4 is 21.4 Å². The Labute approximate surface area is 109 Å². The molecule has 3 heterocycles. The summed E-state index contributed by atoms with van der Waals surface area (Å²) in [5.74, 6) is 1.92. The zero-order valence-corrected chi connectivity index (χ0v) is 11.3. The molecule has 0 radical (unpaired) electrons. The van der Waals surface area contributed by atoms with Crippen molar-refractivity contribution < 1.29 is 0 Å². The van der Waals surface area contributed by atoms with E-state index in [-0.39, 0.29) is 0 Å². The molecule has 0 spiro atoms. The number of hydrogen-bond acceptors (Lipinski definition) is 2. The summed E-state index contributed by atoms with van der Waals surface area (Å²) in [7, 11) is 0. The van der Waals surface area contributed by atoms with Gasteiger partial charge in [0.15, 0.2) is 0 Å². The van der Waals surface area contributed by atoms with Crippen molar-refractivity contribution in [3.63, 3.8) is 0 Å². The number of imidazole rings is 1. The van der Waals surface area contributed by atoms with E-state index in [1.165, 1.54) is 25.2 Å². The van der Waals surface area contributed by atoms with Crippen LogP contribution in [0.3, 0.4) is 0 Å². The van der Waals surface area contributed by atoms with Crippen LogP contribution in [-0.4, -0.2) is 22.5 Å². The first-order chi connectivity index (χ1) is 8.33. The van der Waals surface area contributed by atoms with Crippen molar-refractivity contribution in [1.29, 1.82) is 0 Å². The molecule has 1 atom stereocenters. The topological polar surface area (TPSA) is 29.3 Å². The highest BCUT2D eigenvalue weighted by Crippen LogP contribution is 2.19. The second-order valence-electron chi connectivity index (χ2n) is 4.73. The molecule has 0 saturated carbocycles. The molecule has 1 fully saturated rings. The second kappa shape index (κ2) is 4.78. The summed E-state index contributed by atoms with van der Waals surface area (Å²) in [5.41, 5.74) is 1.16. The summed E-state index contributed by atoms with van der Waals surface area (Å²) in [4.78, 5) is 4.54. The number of nitrogens with zero attached hydrogens (tertiary/aromatic N) is 2. The van der Waals surface area contributed by atoms with Crippen LogP contribution in [0.15, 0.2) is 29.0 Å². The van der Waals surface area contributed by atoms with Gasteiger partial charge in [-0.25, -0.2) is 4.98 Å². The van der Waals surface area contributed by atoms with Crippen LogP contribution in [0, 0.1) is 5.92 Å². The highest BCUT2D eigenvalue weighted by molar-refractivity contribution is 9.10. The molecule has 1 aliphatic heterocycles. The molecule has 17 heavy (non-hydrogen) atoms. The lowest BCUT2D eigenvalue weighted by molar-refractivity contribution is 0.370. The standard InChI is InChI=1S/C13H16BrN3/c14-11-3-5-17-12(7-11)9-16-13(17)6-10-2-1-4-15-8-10/h3,5,7,9-10,15H,1-2,4,6,8H2. The average Bonchev–Trinajstić information content (AvgIpc) is 2.73. The van der Waals surface area contributed by atoms with Crippen molar-refractivity contribution in [2.75, 3.05) is 13.1 Å². The van der Waals surface area contributed by atoms with Crippen molar-refractivity contribution in [1.82, 2.24) is 14.7 Å². The van der Waals surface area contributed by atoms with Gasteiger partial charge in [-0.3, -0.25) is 0 Å². The van der Waals surface area contributed by atoms with E-state index >= 15 is 0 Å². The maximum Gasteiger partial charge on any atom is 0.113 e.